The van der Waals surface area contributed by atoms with E-state index in [0.29, 0.717) is 16.2 Å². The first-order chi connectivity index (χ1) is 12.5. The molecule has 2 aromatic carbocycles. The lowest BCUT2D eigenvalue weighted by Gasteiger charge is -2.08. The highest BCUT2D eigenvalue weighted by Gasteiger charge is 2.13. The summed E-state index contributed by atoms with van der Waals surface area (Å²) in [5.74, 6) is -0.376. The number of fused-ring (bicyclic) bond motifs is 3. The number of hydrogen-bond donors (Lipinski definition) is 2. The summed E-state index contributed by atoms with van der Waals surface area (Å²) in [6.45, 7) is 1.79. The number of carbonyl (C=O) groups excluding carboxylic acids is 1. The maximum absolute atomic E-state index is 12.7. The second-order valence-electron chi connectivity index (χ2n) is 6.10. The Kier molecular flexibility index (Phi) is 3.97. The zero-order valence-corrected chi connectivity index (χ0v) is 14.7. The average molecular weight is 367 g/mol. The molecule has 0 bridgehead atoms. The molecule has 6 nitrogen and oxygen atoms in total. The molecule has 0 saturated heterocycles. The third-order valence-electron chi connectivity index (χ3n) is 4.21. The second kappa shape index (κ2) is 6.31. The number of nitrogens with one attached hydrogen (secondary N) is 2. The van der Waals surface area contributed by atoms with E-state index in [1.165, 1.54) is 0 Å². The molecule has 0 atom stereocenters. The van der Waals surface area contributed by atoms with Gasteiger partial charge in [-0.15, -0.1) is 0 Å². The van der Waals surface area contributed by atoms with Crippen LogP contribution in [-0.2, 0) is 11.3 Å². The van der Waals surface area contributed by atoms with Crippen LogP contribution in [-0.4, -0.2) is 20.7 Å². The van der Waals surface area contributed by atoms with E-state index < -0.39 is 0 Å². The Hall–Kier alpha value is -3.12. The van der Waals surface area contributed by atoms with Crippen LogP contribution in [0.4, 0.5) is 5.69 Å². The van der Waals surface area contributed by atoms with E-state index in [2.05, 4.69) is 15.4 Å². The van der Waals surface area contributed by atoms with E-state index in [0.717, 1.165) is 26.5 Å². The highest BCUT2D eigenvalue weighted by atomic mass is 35.5. The fraction of sp³-hybridized carbons (Fsp3) is 0.105. The number of aromatic nitrogens is 3. The Morgan fingerprint density at radius 1 is 1.23 bits per heavy atom. The molecule has 4 aromatic rings. The quantitative estimate of drug-likeness (QED) is 0.582. The number of para-hydroxylation sites is 1. The molecule has 7 heteroatoms. The Bertz CT molecular complexity index is 1210. The summed E-state index contributed by atoms with van der Waals surface area (Å²) in [6.07, 6.45) is 1.61. The molecule has 0 saturated carbocycles. The number of nitrogens with zero attached hydrogens (tertiary/aromatic N) is 2. The highest BCUT2D eigenvalue weighted by Crippen LogP contribution is 2.23. The predicted octanol–water partition coefficient (Wildman–Crippen LogP) is 3.48. The van der Waals surface area contributed by atoms with E-state index in [4.69, 9.17) is 11.6 Å². The first-order valence-corrected chi connectivity index (χ1v) is 8.43. The summed E-state index contributed by atoms with van der Waals surface area (Å²) in [4.78, 5) is 28.1. The molecule has 1 amide bonds. The van der Waals surface area contributed by atoms with Crippen LogP contribution in [0.2, 0.25) is 5.02 Å². The summed E-state index contributed by atoms with van der Waals surface area (Å²) in [7, 11) is 0. The number of halogens is 1. The summed E-state index contributed by atoms with van der Waals surface area (Å²) >= 11 is 6.03. The van der Waals surface area contributed by atoms with Crippen molar-refractivity contribution in [2.24, 2.45) is 0 Å². The van der Waals surface area contributed by atoms with Crippen LogP contribution in [0.3, 0.4) is 0 Å². The molecule has 0 spiro atoms. The van der Waals surface area contributed by atoms with Gasteiger partial charge in [0.2, 0.25) is 5.91 Å². The molecule has 0 fully saturated rings. The van der Waals surface area contributed by atoms with E-state index in [1.807, 2.05) is 25.1 Å². The van der Waals surface area contributed by atoms with E-state index in [-0.39, 0.29) is 18.0 Å². The predicted molar refractivity (Wildman–Crippen MR) is 103 cm³/mol. The standard InChI is InChI=1S/C19H15ClN4O2/c1-11-6-7-15-12(8-11)13-9-21-24(19(26)18(13)23-15)10-17(25)22-16-5-3-2-4-14(16)20/h2-9,23H,10H2,1H3,(H,22,25). The average Bonchev–Trinajstić information content (AvgIpc) is 2.98. The lowest BCUT2D eigenvalue weighted by atomic mass is 10.1. The van der Waals surface area contributed by atoms with Gasteiger partial charge in [-0.2, -0.15) is 5.10 Å². The number of aromatic amines is 1. The molecule has 4 rings (SSSR count). The normalized spacial score (nSPS) is 11.2. The number of hydrogen-bond acceptors (Lipinski definition) is 3. The molecule has 2 heterocycles. The smallest absolute Gasteiger partial charge is 0.291 e. The number of benzene rings is 2. The number of rotatable bonds is 3. The first kappa shape index (κ1) is 16.4. The van der Waals surface area contributed by atoms with Crippen molar-refractivity contribution in [3.63, 3.8) is 0 Å². The minimum absolute atomic E-state index is 0.200. The summed E-state index contributed by atoms with van der Waals surface area (Å²) < 4.78 is 1.14. The van der Waals surface area contributed by atoms with Gasteiger partial charge in [-0.05, 0) is 31.2 Å². The minimum atomic E-state index is -0.376. The van der Waals surface area contributed by atoms with Gasteiger partial charge in [0.15, 0.2) is 0 Å². The molecule has 0 aliphatic carbocycles. The Morgan fingerprint density at radius 3 is 2.85 bits per heavy atom. The second-order valence-corrected chi connectivity index (χ2v) is 6.51. The van der Waals surface area contributed by atoms with Gasteiger partial charge in [-0.3, -0.25) is 9.59 Å². The van der Waals surface area contributed by atoms with Crippen molar-refractivity contribution in [3.8, 4) is 0 Å². The van der Waals surface area contributed by atoms with Gasteiger partial charge in [0.25, 0.3) is 5.56 Å². The van der Waals surface area contributed by atoms with Crippen molar-refractivity contribution >= 4 is 45.0 Å². The topological polar surface area (TPSA) is 79.8 Å². The lowest BCUT2D eigenvalue weighted by Crippen LogP contribution is -2.29. The largest absolute Gasteiger partial charge is 0.350 e. The monoisotopic (exact) mass is 366 g/mol. The van der Waals surface area contributed by atoms with Crippen molar-refractivity contribution in [1.82, 2.24) is 14.8 Å². The number of H-pyrrole nitrogens is 1. The number of carbonyl (C=O) groups is 1. The molecule has 130 valence electrons. The van der Waals surface area contributed by atoms with E-state index in [1.54, 1.807) is 30.5 Å². The SMILES string of the molecule is Cc1ccc2[nH]c3c(=O)n(CC(=O)Nc4ccccc4Cl)ncc3c2c1. The van der Waals surface area contributed by atoms with E-state index >= 15 is 0 Å². The number of amides is 1. The molecule has 26 heavy (non-hydrogen) atoms. The van der Waals surface area contributed by atoms with Crippen LogP contribution < -0.4 is 10.9 Å². The maximum Gasteiger partial charge on any atom is 0.291 e. The minimum Gasteiger partial charge on any atom is -0.350 e. The van der Waals surface area contributed by atoms with Crippen LogP contribution >= 0.6 is 11.6 Å². The van der Waals surface area contributed by atoms with Gasteiger partial charge in [-0.25, -0.2) is 4.68 Å². The zero-order chi connectivity index (χ0) is 18.3. The van der Waals surface area contributed by atoms with Crippen molar-refractivity contribution in [1.29, 1.82) is 0 Å². The van der Waals surface area contributed by atoms with Gasteiger partial charge in [-0.1, -0.05) is 35.4 Å². The third kappa shape index (κ3) is 2.84. The van der Waals surface area contributed by atoms with Crippen molar-refractivity contribution in [3.05, 3.63) is 69.6 Å². The molecule has 0 unspecified atom stereocenters. The fourth-order valence-electron chi connectivity index (χ4n) is 2.94. The van der Waals surface area contributed by atoms with Crippen LogP contribution in [0.25, 0.3) is 21.8 Å². The summed E-state index contributed by atoms with van der Waals surface area (Å²) in [5, 5.41) is 8.96. The van der Waals surface area contributed by atoms with Crippen molar-refractivity contribution in [2.75, 3.05) is 5.32 Å². The maximum atomic E-state index is 12.7. The summed E-state index contributed by atoms with van der Waals surface area (Å²) in [5.41, 5.74) is 2.55. The molecule has 2 N–H and O–H groups in total. The molecule has 0 aliphatic rings. The van der Waals surface area contributed by atoms with Crippen LogP contribution in [0.15, 0.2) is 53.5 Å². The van der Waals surface area contributed by atoms with Crippen LogP contribution in [0, 0.1) is 6.92 Å². The Labute approximate surface area is 153 Å². The molecular formula is C19H15ClN4O2. The van der Waals surface area contributed by atoms with Gasteiger partial charge in [0, 0.05) is 16.3 Å². The molecule has 2 aromatic heterocycles. The summed E-state index contributed by atoms with van der Waals surface area (Å²) in [6, 6.07) is 12.8. The number of aryl methyl sites for hydroxylation is 1. The zero-order valence-electron chi connectivity index (χ0n) is 13.9. The molecule has 0 radical (unpaired) electrons. The van der Waals surface area contributed by atoms with Gasteiger partial charge in [0.1, 0.15) is 12.1 Å². The third-order valence-corrected chi connectivity index (χ3v) is 4.54. The van der Waals surface area contributed by atoms with Gasteiger partial charge in [0.05, 0.1) is 16.9 Å². The Balaban J connectivity index is 1.68. The highest BCUT2D eigenvalue weighted by molar-refractivity contribution is 6.33. The van der Waals surface area contributed by atoms with Gasteiger partial charge < -0.3 is 10.3 Å². The van der Waals surface area contributed by atoms with Crippen molar-refractivity contribution in [2.45, 2.75) is 13.5 Å². The molecule has 0 aliphatic heterocycles. The molecular weight excluding hydrogens is 352 g/mol. The first-order valence-electron chi connectivity index (χ1n) is 8.05. The van der Waals surface area contributed by atoms with Gasteiger partial charge >= 0.3 is 0 Å². The number of anilines is 1. The van der Waals surface area contributed by atoms with Crippen molar-refractivity contribution < 1.29 is 4.79 Å². The lowest BCUT2D eigenvalue weighted by molar-refractivity contribution is -0.117. The van der Waals surface area contributed by atoms with E-state index in [9.17, 15) is 9.59 Å². The van der Waals surface area contributed by atoms with Crippen LogP contribution in [0.5, 0.6) is 0 Å². The Morgan fingerprint density at radius 2 is 2.04 bits per heavy atom. The van der Waals surface area contributed by atoms with Crippen LogP contribution in [0.1, 0.15) is 5.56 Å². The fourth-order valence-corrected chi connectivity index (χ4v) is 3.12.